The highest BCUT2D eigenvalue weighted by Gasteiger charge is 2.19. The van der Waals surface area contributed by atoms with Crippen molar-refractivity contribution in [2.75, 3.05) is 32.6 Å². The van der Waals surface area contributed by atoms with Crippen LogP contribution in [-0.2, 0) is 19.4 Å². The van der Waals surface area contributed by atoms with Gasteiger partial charge in [0.1, 0.15) is 0 Å². The number of carbonyl (C=O) groups excluding carboxylic acids is 2. The van der Waals surface area contributed by atoms with Crippen LogP contribution >= 0.6 is 11.3 Å². The molecule has 8 heteroatoms. The average molecular weight is 466 g/mol. The molecule has 0 radical (unpaired) electrons. The summed E-state index contributed by atoms with van der Waals surface area (Å²) in [6, 6.07) is 13.5. The Kier molecular flexibility index (Phi) is 6.96. The standard InChI is InChI=1S/C25H27N3O4S/c1-31-21-11-17-8-10-28(14-18(17)12-22(21)32-2)9-7-16-3-5-20(6-4-16)27-25(30)19-13-23(24(26)29)33-15-19/h3-6,11-13,15H,7-10,14H2,1-2H3,(H2,26,29)(H,27,30). The molecule has 0 saturated carbocycles. The molecule has 1 aliphatic rings. The molecule has 2 aromatic carbocycles. The molecular formula is C25H27N3O4S. The summed E-state index contributed by atoms with van der Waals surface area (Å²) in [6.45, 7) is 2.84. The number of ether oxygens (including phenoxy) is 2. The topological polar surface area (TPSA) is 93.9 Å². The van der Waals surface area contributed by atoms with Crippen molar-refractivity contribution in [3.8, 4) is 11.5 Å². The fourth-order valence-electron chi connectivity index (χ4n) is 3.96. The second-order valence-electron chi connectivity index (χ2n) is 7.97. The van der Waals surface area contributed by atoms with E-state index >= 15 is 0 Å². The SMILES string of the molecule is COc1cc2c(cc1OC)CN(CCc1ccc(NC(=O)c3csc(C(N)=O)c3)cc1)CC2. The zero-order valence-corrected chi connectivity index (χ0v) is 19.5. The normalized spacial score (nSPS) is 13.3. The Hall–Kier alpha value is -3.36. The zero-order valence-electron chi connectivity index (χ0n) is 18.7. The number of amides is 2. The number of primary amides is 1. The lowest BCUT2D eigenvalue weighted by molar-refractivity contribution is 0.100. The number of nitrogens with two attached hydrogens (primary N) is 1. The monoisotopic (exact) mass is 465 g/mol. The summed E-state index contributed by atoms with van der Waals surface area (Å²) in [5, 5.41) is 4.49. The van der Waals surface area contributed by atoms with Gasteiger partial charge in [-0.3, -0.25) is 14.5 Å². The fraction of sp³-hybridized carbons (Fsp3) is 0.280. The molecule has 3 N–H and O–H groups in total. The minimum Gasteiger partial charge on any atom is -0.493 e. The van der Waals surface area contributed by atoms with E-state index in [4.69, 9.17) is 15.2 Å². The van der Waals surface area contributed by atoms with Crippen LogP contribution in [0.2, 0.25) is 0 Å². The van der Waals surface area contributed by atoms with Crippen LogP contribution < -0.4 is 20.5 Å². The molecule has 172 valence electrons. The van der Waals surface area contributed by atoms with Crippen LogP contribution in [0.3, 0.4) is 0 Å². The van der Waals surface area contributed by atoms with Gasteiger partial charge in [0.2, 0.25) is 0 Å². The number of methoxy groups -OCH3 is 2. The lowest BCUT2D eigenvalue weighted by Gasteiger charge is -2.29. The number of nitrogens with one attached hydrogen (secondary N) is 1. The molecule has 7 nitrogen and oxygen atoms in total. The number of hydrogen-bond acceptors (Lipinski definition) is 6. The first kappa shape index (κ1) is 22.8. The summed E-state index contributed by atoms with van der Waals surface area (Å²) in [6.07, 6.45) is 1.91. The Labute approximate surface area is 197 Å². The Balaban J connectivity index is 1.31. The third kappa shape index (κ3) is 5.35. The van der Waals surface area contributed by atoms with E-state index in [1.54, 1.807) is 19.6 Å². The van der Waals surface area contributed by atoms with E-state index in [0.29, 0.717) is 16.1 Å². The quantitative estimate of drug-likeness (QED) is 0.529. The highest BCUT2D eigenvalue weighted by atomic mass is 32.1. The number of benzene rings is 2. The van der Waals surface area contributed by atoms with Gasteiger partial charge in [-0.15, -0.1) is 11.3 Å². The van der Waals surface area contributed by atoms with E-state index in [0.717, 1.165) is 44.0 Å². The van der Waals surface area contributed by atoms with Crippen LogP contribution in [0, 0.1) is 0 Å². The van der Waals surface area contributed by atoms with E-state index in [2.05, 4.69) is 22.3 Å². The lowest BCUT2D eigenvalue weighted by atomic mass is 9.98. The minimum atomic E-state index is -0.528. The largest absolute Gasteiger partial charge is 0.493 e. The summed E-state index contributed by atoms with van der Waals surface area (Å²) in [5.74, 6) is 0.762. The highest BCUT2D eigenvalue weighted by Crippen LogP contribution is 2.33. The molecule has 0 bridgehead atoms. The third-order valence-corrected chi connectivity index (χ3v) is 6.77. The van der Waals surface area contributed by atoms with Gasteiger partial charge in [-0.05, 0) is 59.9 Å². The Morgan fingerprint density at radius 1 is 1.06 bits per heavy atom. The van der Waals surface area contributed by atoms with Gasteiger partial charge < -0.3 is 20.5 Å². The van der Waals surface area contributed by atoms with Crippen LogP contribution in [0.1, 0.15) is 36.7 Å². The van der Waals surface area contributed by atoms with Crippen molar-refractivity contribution >= 4 is 28.8 Å². The van der Waals surface area contributed by atoms with Gasteiger partial charge in [0, 0.05) is 30.7 Å². The van der Waals surface area contributed by atoms with Gasteiger partial charge in [-0.2, -0.15) is 0 Å². The first-order chi connectivity index (χ1) is 16.0. The molecule has 4 rings (SSSR count). The first-order valence-corrected chi connectivity index (χ1v) is 11.6. The van der Waals surface area contributed by atoms with Crippen molar-refractivity contribution in [2.45, 2.75) is 19.4 Å². The molecule has 0 spiro atoms. The Morgan fingerprint density at radius 3 is 2.39 bits per heavy atom. The summed E-state index contributed by atoms with van der Waals surface area (Å²) in [4.78, 5) is 26.4. The van der Waals surface area contributed by atoms with Crippen LogP contribution in [0.4, 0.5) is 5.69 Å². The minimum absolute atomic E-state index is 0.259. The number of nitrogens with zero attached hydrogens (tertiary/aromatic N) is 1. The van der Waals surface area contributed by atoms with Crippen LogP contribution in [0.25, 0.3) is 0 Å². The maximum Gasteiger partial charge on any atom is 0.258 e. The lowest BCUT2D eigenvalue weighted by Crippen LogP contribution is -2.32. The van der Waals surface area contributed by atoms with Crippen molar-refractivity contribution in [2.24, 2.45) is 5.73 Å². The van der Waals surface area contributed by atoms with Crippen molar-refractivity contribution in [3.63, 3.8) is 0 Å². The summed E-state index contributed by atoms with van der Waals surface area (Å²) in [7, 11) is 3.33. The number of carbonyl (C=O) groups is 2. The number of fused-ring (bicyclic) bond motifs is 1. The van der Waals surface area contributed by atoms with E-state index < -0.39 is 5.91 Å². The maximum absolute atomic E-state index is 12.4. The average Bonchev–Trinajstić information content (AvgIpc) is 3.33. The van der Waals surface area contributed by atoms with Crippen molar-refractivity contribution in [1.29, 1.82) is 0 Å². The first-order valence-electron chi connectivity index (χ1n) is 10.7. The van der Waals surface area contributed by atoms with E-state index in [1.807, 2.05) is 24.3 Å². The van der Waals surface area contributed by atoms with E-state index in [-0.39, 0.29) is 5.91 Å². The molecule has 33 heavy (non-hydrogen) atoms. The zero-order chi connectivity index (χ0) is 23.4. The molecular weight excluding hydrogens is 438 g/mol. The molecule has 0 aliphatic carbocycles. The molecule has 3 aromatic rings. The molecule has 0 atom stereocenters. The number of hydrogen-bond donors (Lipinski definition) is 2. The molecule has 1 aromatic heterocycles. The van der Waals surface area contributed by atoms with Gasteiger partial charge in [0.15, 0.2) is 11.5 Å². The molecule has 1 aliphatic heterocycles. The summed E-state index contributed by atoms with van der Waals surface area (Å²) in [5.41, 5.74) is 10.2. The second-order valence-corrected chi connectivity index (χ2v) is 8.88. The van der Waals surface area contributed by atoms with E-state index in [9.17, 15) is 9.59 Å². The Bertz CT molecular complexity index is 1160. The van der Waals surface area contributed by atoms with Crippen LogP contribution in [-0.4, -0.2) is 44.0 Å². The van der Waals surface area contributed by atoms with Crippen molar-refractivity contribution in [3.05, 3.63) is 75.0 Å². The predicted molar refractivity (Wildman–Crippen MR) is 129 cm³/mol. The van der Waals surface area contributed by atoms with E-state index in [1.165, 1.54) is 34.1 Å². The predicted octanol–water partition coefficient (Wildman–Crippen LogP) is 3.72. The molecule has 0 saturated heterocycles. The van der Waals surface area contributed by atoms with Gasteiger partial charge in [0.05, 0.1) is 24.7 Å². The smallest absolute Gasteiger partial charge is 0.258 e. The van der Waals surface area contributed by atoms with Crippen LogP contribution in [0.5, 0.6) is 11.5 Å². The van der Waals surface area contributed by atoms with Gasteiger partial charge in [-0.1, -0.05) is 12.1 Å². The highest BCUT2D eigenvalue weighted by molar-refractivity contribution is 7.12. The molecule has 2 heterocycles. The number of rotatable bonds is 8. The number of anilines is 1. The summed E-state index contributed by atoms with van der Waals surface area (Å²) < 4.78 is 10.9. The Morgan fingerprint density at radius 2 is 1.76 bits per heavy atom. The van der Waals surface area contributed by atoms with Crippen molar-refractivity contribution in [1.82, 2.24) is 4.90 Å². The molecule has 0 fully saturated rings. The van der Waals surface area contributed by atoms with Gasteiger partial charge in [0.25, 0.3) is 11.8 Å². The van der Waals surface area contributed by atoms with Gasteiger partial charge in [-0.25, -0.2) is 0 Å². The summed E-state index contributed by atoms with van der Waals surface area (Å²) >= 11 is 1.17. The number of thiophene rings is 1. The van der Waals surface area contributed by atoms with Gasteiger partial charge >= 0.3 is 0 Å². The maximum atomic E-state index is 12.4. The second kappa shape index (κ2) is 10.1. The third-order valence-electron chi connectivity index (χ3n) is 5.83. The van der Waals surface area contributed by atoms with Crippen LogP contribution in [0.15, 0.2) is 47.8 Å². The molecule has 2 amide bonds. The van der Waals surface area contributed by atoms with Crippen molar-refractivity contribution < 1.29 is 19.1 Å². The molecule has 0 unspecified atom stereocenters. The fourth-order valence-corrected chi connectivity index (χ4v) is 4.70.